The van der Waals surface area contributed by atoms with Crippen LogP contribution in [-0.2, 0) is 46.5 Å². The zero-order chi connectivity index (χ0) is 47.0. The Labute approximate surface area is 378 Å². The number of imide groups is 1. The van der Waals surface area contributed by atoms with Crippen molar-refractivity contribution >= 4 is 47.4 Å². The molecule has 0 aromatic heterocycles. The highest BCUT2D eigenvalue weighted by atomic mass is 16.6. The van der Waals surface area contributed by atoms with Gasteiger partial charge in [0.25, 0.3) is 5.91 Å². The number of rotatable bonds is 16. The zero-order valence-corrected chi connectivity index (χ0v) is 39.0. The lowest BCUT2D eigenvalue weighted by Gasteiger charge is -2.43. The molecule has 16 nitrogen and oxygen atoms in total. The Morgan fingerprint density at radius 3 is 2.22 bits per heavy atom. The molecule has 3 fully saturated rings. The molecule has 0 spiro atoms. The number of carbonyl (C=O) groups is 8. The van der Waals surface area contributed by atoms with Crippen LogP contribution in [0.25, 0.3) is 0 Å². The molecule has 0 radical (unpaired) electrons. The predicted molar refractivity (Wildman–Crippen MR) is 240 cm³/mol. The fraction of sp³-hybridized carbons (Fsp3) is 0.667. The fourth-order valence-electron chi connectivity index (χ4n) is 9.41. The first kappa shape index (κ1) is 49.7. The molecule has 5 atom stereocenters. The first-order valence-electron chi connectivity index (χ1n) is 23.1. The Bertz CT molecular complexity index is 1920. The average molecular weight is 890 g/mol. The van der Waals surface area contributed by atoms with Gasteiger partial charge in [0.1, 0.15) is 18.2 Å². The Morgan fingerprint density at radius 2 is 1.59 bits per heavy atom. The van der Waals surface area contributed by atoms with Crippen molar-refractivity contribution in [2.24, 2.45) is 16.2 Å². The van der Waals surface area contributed by atoms with Crippen molar-refractivity contribution in [3.8, 4) is 0 Å². The molecule has 4 aliphatic rings. The molecule has 1 unspecified atom stereocenters. The number of hydrogen-bond donors (Lipinski definition) is 4. The lowest BCUT2D eigenvalue weighted by Crippen LogP contribution is -2.63. The van der Waals surface area contributed by atoms with Crippen molar-refractivity contribution in [2.75, 3.05) is 26.2 Å². The number of hydrogen-bond acceptors (Lipinski definition) is 9. The second-order valence-electron chi connectivity index (χ2n) is 20.4. The van der Waals surface area contributed by atoms with Crippen LogP contribution >= 0.6 is 0 Å². The number of nitrogens with one attached hydrogen (secondary N) is 4. The van der Waals surface area contributed by atoms with Crippen LogP contribution in [0.1, 0.15) is 130 Å². The van der Waals surface area contributed by atoms with Crippen LogP contribution in [0, 0.1) is 16.2 Å². The summed E-state index contributed by atoms with van der Waals surface area (Å²) in [7, 11) is 0. The van der Waals surface area contributed by atoms with Gasteiger partial charge in [-0.25, -0.2) is 9.59 Å². The minimum atomic E-state index is -1.22. The summed E-state index contributed by atoms with van der Waals surface area (Å²) < 4.78 is 6.06. The number of piperidine rings is 1. The maximum atomic E-state index is 15.2. The van der Waals surface area contributed by atoms with E-state index in [0.717, 1.165) is 30.4 Å². The van der Waals surface area contributed by atoms with Gasteiger partial charge in [0.05, 0.1) is 18.6 Å². The van der Waals surface area contributed by atoms with Gasteiger partial charge in [-0.1, -0.05) is 111 Å². The van der Waals surface area contributed by atoms with E-state index in [1.165, 1.54) is 15.9 Å². The van der Waals surface area contributed by atoms with Gasteiger partial charge in [-0.05, 0) is 53.1 Å². The number of fused-ring (bicyclic) bond motifs is 1. The minimum absolute atomic E-state index is 0.0475. The van der Waals surface area contributed by atoms with E-state index in [1.807, 2.05) is 72.7 Å². The number of urea groups is 1. The molecule has 16 heteroatoms. The van der Waals surface area contributed by atoms with Crippen LogP contribution in [0.3, 0.4) is 0 Å². The van der Waals surface area contributed by atoms with Gasteiger partial charge in [-0.15, -0.1) is 6.58 Å². The second kappa shape index (κ2) is 21.1. The molecule has 1 aromatic carbocycles. The average Bonchev–Trinajstić information content (AvgIpc) is 3.66. The molecule has 4 N–H and O–H groups in total. The Hall–Kier alpha value is -5.28. The maximum Gasteiger partial charge on any atom is 0.410 e. The lowest BCUT2D eigenvalue weighted by molar-refractivity contribution is -0.153. The van der Waals surface area contributed by atoms with Gasteiger partial charge in [0.2, 0.25) is 29.4 Å². The van der Waals surface area contributed by atoms with E-state index < -0.39 is 82.1 Å². The van der Waals surface area contributed by atoms with Crippen LogP contribution in [0.2, 0.25) is 0 Å². The van der Waals surface area contributed by atoms with Crippen LogP contribution in [0.15, 0.2) is 36.9 Å². The van der Waals surface area contributed by atoms with Crippen LogP contribution < -0.4 is 21.3 Å². The summed E-state index contributed by atoms with van der Waals surface area (Å²) >= 11 is 0. The van der Waals surface area contributed by atoms with Gasteiger partial charge < -0.3 is 35.8 Å². The topological polar surface area (TPSA) is 204 Å². The molecule has 3 aliphatic heterocycles. The largest absolute Gasteiger partial charge is 0.444 e. The number of nitrogens with zero attached hydrogens (tertiary/aromatic N) is 3. The number of likely N-dealkylation sites (tertiary alicyclic amines) is 2. The molecule has 2 saturated heterocycles. The molecule has 5 rings (SSSR count). The van der Waals surface area contributed by atoms with Crippen molar-refractivity contribution in [3.05, 3.63) is 48.0 Å². The number of unbranched alkanes of at least 4 members (excludes halogenated alkanes) is 1. The Balaban J connectivity index is 1.42. The van der Waals surface area contributed by atoms with Crippen LogP contribution in [0.5, 0.6) is 0 Å². The normalized spacial score (nSPS) is 22.0. The monoisotopic (exact) mass is 890 g/mol. The number of benzene rings is 1. The van der Waals surface area contributed by atoms with E-state index >= 15 is 4.79 Å². The Kier molecular flexibility index (Phi) is 16.4. The SMILES string of the molecule is C=CCNC(=O)C(=O)C(CCCC)NC(=O)[C@@H]1C[C@@H](OC(=O)N2CCc3ccccc3C2)CN1C(=O)[C@@H](NC(=O)N[C@H](CN1C(=O)CC(C)(C)CC1=O)C(C)(C)C)C1(C)CCCCC1. The van der Waals surface area contributed by atoms with Crippen molar-refractivity contribution in [3.63, 3.8) is 0 Å². The standard InChI is InChI=1S/C48H71N7O9/c1-9-11-19-34(39(58)42(60)49-23-10-2)50-41(59)35-25-33(64-45(63)53-24-20-31-17-13-14-18-32(31)28-53)29-54(35)43(61)40(48(8)21-15-12-16-22-48)52-44(62)51-36(46(3,4)5)30-55-37(56)26-47(6,7)27-38(55)57/h10,13-14,17-18,33-36,40H,2,9,11-12,15-16,19-30H2,1,3-8H3,(H,49,60)(H,50,59)(H2,51,52,62)/t33-,34?,35+,36-,40-/m1/s1. The van der Waals surface area contributed by atoms with Crippen molar-refractivity contribution < 1.29 is 43.1 Å². The van der Waals surface area contributed by atoms with E-state index in [1.54, 1.807) is 4.90 Å². The first-order valence-corrected chi connectivity index (χ1v) is 23.1. The molecule has 352 valence electrons. The van der Waals surface area contributed by atoms with E-state index in [9.17, 15) is 33.6 Å². The van der Waals surface area contributed by atoms with Gasteiger partial charge in [-0.3, -0.25) is 33.7 Å². The van der Waals surface area contributed by atoms with E-state index in [4.69, 9.17) is 4.74 Å². The highest BCUT2D eigenvalue weighted by molar-refractivity contribution is 6.38. The summed E-state index contributed by atoms with van der Waals surface area (Å²) in [6, 6.07) is 2.96. The van der Waals surface area contributed by atoms with Gasteiger partial charge in [0, 0.05) is 45.4 Å². The molecule has 0 bridgehead atoms. The number of Topliss-reactive ketones (excluding diaryl/α,β-unsaturated/α-hetero) is 1. The number of carbonyl (C=O) groups excluding carboxylic acids is 8. The van der Waals surface area contributed by atoms with Crippen molar-refractivity contribution in [1.29, 1.82) is 0 Å². The molecule has 3 heterocycles. The third-order valence-corrected chi connectivity index (χ3v) is 13.4. The summed E-state index contributed by atoms with van der Waals surface area (Å²) in [5.41, 5.74) is 0.332. The van der Waals surface area contributed by atoms with E-state index in [-0.39, 0.29) is 57.1 Å². The van der Waals surface area contributed by atoms with Crippen LogP contribution in [0.4, 0.5) is 9.59 Å². The number of ether oxygens (including phenoxy) is 1. The van der Waals surface area contributed by atoms with E-state index in [2.05, 4.69) is 27.8 Å². The molecule has 1 aromatic rings. The van der Waals surface area contributed by atoms with Crippen molar-refractivity contribution in [2.45, 2.75) is 162 Å². The predicted octanol–water partition coefficient (Wildman–Crippen LogP) is 4.93. The maximum absolute atomic E-state index is 15.2. The first-order chi connectivity index (χ1) is 30.2. The Morgan fingerprint density at radius 1 is 0.938 bits per heavy atom. The highest BCUT2D eigenvalue weighted by Gasteiger charge is 2.50. The van der Waals surface area contributed by atoms with E-state index in [0.29, 0.717) is 45.2 Å². The molecular weight excluding hydrogens is 819 g/mol. The number of amides is 8. The molecule has 1 saturated carbocycles. The lowest BCUT2D eigenvalue weighted by atomic mass is 9.70. The van der Waals surface area contributed by atoms with Crippen molar-refractivity contribution in [1.82, 2.24) is 36.0 Å². The summed E-state index contributed by atoms with van der Waals surface area (Å²) in [5, 5.41) is 11.2. The van der Waals surface area contributed by atoms with Gasteiger partial charge >= 0.3 is 12.1 Å². The smallest absolute Gasteiger partial charge is 0.410 e. The third kappa shape index (κ3) is 12.5. The van der Waals surface area contributed by atoms with Gasteiger partial charge in [0.15, 0.2) is 0 Å². The molecular formula is C48H71N7O9. The summed E-state index contributed by atoms with van der Waals surface area (Å²) in [5.74, 6) is -3.56. The molecule has 64 heavy (non-hydrogen) atoms. The summed E-state index contributed by atoms with van der Waals surface area (Å²) in [6.45, 7) is 17.5. The van der Waals surface area contributed by atoms with Gasteiger partial charge in [-0.2, -0.15) is 0 Å². The van der Waals surface area contributed by atoms with Crippen LogP contribution in [-0.4, -0.2) is 119 Å². The molecule has 8 amide bonds. The third-order valence-electron chi connectivity index (χ3n) is 13.4. The minimum Gasteiger partial charge on any atom is -0.444 e. The summed E-state index contributed by atoms with van der Waals surface area (Å²) in [6.07, 6.45) is 6.07. The fourth-order valence-corrected chi connectivity index (χ4v) is 9.41. The second-order valence-corrected chi connectivity index (χ2v) is 20.4. The quantitative estimate of drug-likeness (QED) is 0.101. The molecule has 1 aliphatic carbocycles. The highest BCUT2D eigenvalue weighted by Crippen LogP contribution is 2.41. The summed E-state index contributed by atoms with van der Waals surface area (Å²) in [4.78, 5) is 114. The zero-order valence-electron chi connectivity index (χ0n) is 39.0. The number of ketones is 1.